The van der Waals surface area contributed by atoms with E-state index in [1.165, 1.54) is 11.3 Å². The van der Waals surface area contributed by atoms with E-state index in [0.717, 1.165) is 26.7 Å². The van der Waals surface area contributed by atoms with Crippen molar-refractivity contribution >= 4 is 50.0 Å². The predicted molar refractivity (Wildman–Crippen MR) is 139 cm³/mol. The number of fused-ring (bicyclic) bond motifs is 5. The van der Waals surface area contributed by atoms with Crippen molar-refractivity contribution in [3.63, 3.8) is 0 Å². The molecule has 0 bridgehead atoms. The van der Waals surface area contributed by atoms with Gasteiger partial charge in [0.15, 0.2) is 0 Å². The number of nitrogens with two attached hydrogens (primary N) is 1. The number of thiophene rings is 1. The number of rotatable bonds is 2. The molecule has 0 radical (unpaired) electrons. The van der Waals surface area contributed by atoms with Crippen LogP contribution in [0.2, 0.25) is 0 Å². The second-order valence-electron chi connectivity index (χ2n) is 8.94. The Balaban J connectivity index is 1.64. The third kappa shape index (κ3) is 4.12. The number of benzene rings is 1. The van der Waals surface area contributed by atoms with Crippen molar-refractivity contribution < 1.29 is 4.79 Å². The molecule has 5 rings (SSSR count). The first-order valence-electron chi connectivity index (χ1n) is 11.0. The zero-order chi connectivity index (χ0) is 24.0. The summed E-state index contributed by atoms with van der Waals surface area (Å²) in [4.78, 5) is 27.3. The third-order valence-corrected chi connectivity index (χ3v) is 6.56. The van der Waals surface area contributed by atoms with Crippen LogP contribution in [-0.4, -0.2) is 39.0 Å². The summed E-state index contributed by atoms with van der Waals surface area (Å²) in [5, 5.41) is 8.49. The lowest BCUT2D eigenvalue weighted by Crippen LogP contribution is -2.34. The number of aromatic nitrogens is 3. The molecule has 7 nitrogen and oxygen atoms in total. The molecule has 1 aliphatic rings. The van der Waals surface area contributed by atoms with Gasteiger partial charge in [0.1, 0.15) is 4.88 Å². The van der Waals surface area contributed by atoms with E-state index >= 15 is 0 Å². The molecule has 1 amide bonds. The molecular weight excluding hydrogens is 444 g/mol. The molecule has 1 atom stereocenters. The standard InChI is InChI=1S/C26H24N6OS/c1-5-15-12-19(32-21(30-15)10-11-26(3,4)27)18-7-6-16-17(31-18)8-9-20-22(16)23-24(34-20)25(33)29-14(2)13-28-23/h5-9,12,14,28H,1,13,27H2,2-4H3,(H,29,33)/t14-/m1/s1. The van der Waals surface area contributed by atoms with Crippen molar-refractivity contribution in [1.82, 2.24) is 20.3 Å². The van der Waals surface area contributed by atoms with Crippen molar-refractivity contribution in [2.24, 2.45) is 5.73 Å². The minimum absolute atomic E-state index is 0.0429. The van der Waals surface area contributed by atoms with E-state index in [9.17, 15) is 4.79 Å². The molecule has 0 saturated heterocycles. The minimum atomic E-state index is -0.651. The van der Waals surface area contributed by atoms with Gasteiger partial charge in [0.2, 0.25) is 5.82 Å². The van der Waals surface area contributed by atoms with Crippen molar-refractivity contribution in [2.75, 3.05) is 11.9 Å². The molecule has 1 aromatic carbocycles. The van der Waals surface area contributed by atoms with Gasteiger partial charge in [-0.25, -0.2) is 15.0 Å². The highest BCUT2D eigenvalue weighted by molar-refractivity contribution is 7.21. The summed E-state index contributed by atoms with van der Waals surface area (Å²) in [5.74, 6) is 6.25. The molecule has 3 aromatic heterocycles. The third-order valence-electron chi connectivity index (χ3n) is 5.40. The van der Waals surface area contributed by atoms with Crippen LogP contribution in [0, 0.1) is 11.8 Å². The Bertz CT molecular complexity index is 1540. The highest BCUT2D eigenvalue weighted by Crippen LogP contribution is 2.41. The topological polar surface area (TPSA) is 106 Å². The van der Waals surface area contributed by atoms with Gasteiger partial charge in [-0.1, -0.05) is 12.5 Å². The number of amides is 1. The maximum absolute atomic E-state index is 12.7. The van der Waals surface area contributed by atoms with Gasteiger partial charge in [-0.15, -0.1) is 11.3 Å². The van der Waals surface area contributed by atoms with E-state index in [4.69, 9.17) is 10.7 Å². The molecule has 170 valence electrons. The quantitative estimate of drug-likeness (QED) is 0.381. The number of nitrogens with one attached hydrogen (secondary N) is 2. The minimum Gasteiger partial charge on any atom is -0.381 e. The van der Waals surface area contributed by atoms with Gasteiger partial charge in [-0.2, -0.15) is 0 Å². The lowest BCUT2D eigenvalue weighted by molar-refractivity contribution is 0.0949. The van der Waals surface area contributed by atoms with Gasteiger partial charge in [-0.05, 0) is 63.1 Å². The predicted octanol–water partition coefficient (Wildman–Crippen LogP) is 4.18. The fourth-order valence-electron chi connectivity index (χ4n) is 3.84. The average Bonchev–Trinajstić information content (AvgIpc) is 3.13. The van der Waals surface area contributed by atoms with Crippen LogP contribution < -0.4 is 16.4 Å². The number of carbonyl (C=O) groups excluding carboxylic acids is 1. The van der Waals surface area contributed by atoms with Crippen LogP contribution in [0.15, 0.2) is 36.9 Å². The number of carbonyl (C=O) groups is 1. The summed E-state index contributed by atoms with van der Waals surface area (Å²) in [6.07, 6.45) is 1.66. The Morgan fingerprint density at radius 2 is 2.03 bits per heavy atom. The van der Waals surface area contributed by atoms with Gasteiger partial charge >= 0.3 is 0 Å². The first-order chi connectivity index (χ1) is 16.2. The number of hydrogen-bond acceptors (Lipinski definition) is 7. The van der Waals surface area contributed by atoms with Crippen molar-refractivity contribution in [2.45, 2.75) is 32.4 Å². The first kappa shape index (κ1) is 22.0. The number of nitrogens with zero attached hydrogens (tertiary/aromatic N) is 3. The maximum atomic E-state index is 12.7. The van der Waals surface area contributed by atoms with Crippen molar-refractivity contribution in [3.8, 4) is 23.2 Å². The smallest absolute Gasteiger partial charge is 0.263 e. The monoisotopic (exact) mass is 468 g/mol. The molecule has 1 aliphatic heterocycles. The molecule has 0 aliphatic carbocycles. The van der Waals surface area contributed by atoms with Crippen molar-refractivity contribution in [3.05, 3.63) is 53.3 Å². The molecule has 4 aromatic rings. The highest BCUT2D eigenvalue weighted by atomic mass is 32.1. The van der Waals surface area contributed by atoms with E-state index < -0.39 is 5.54 Å². The lowest BCUT2D eigenvalue weighted by Gasteiger charge is -2.10. The van der Waals surface area contributed by atoms with Crippen LogP contribution in [0.4, 0.5) is 5.69 Å². The Morgan fingerprint density at radius 1 is 1.21 bits per heavy atom. The Labute approximate surface area is 201 Å². The van der Waals surface area contributed by atoms with E-state index in [1.807, 2.05) is 51.1 Å². The van der Waals surface area contributed by atoms with Crippen LogP contribution in [0.5, 0.6) is 0 Å². The molecule has 0 spiro atoms. The van der Waals surface area contributed by atoms with Gasteiger partial charge in [0.25, 0.3) is 5.91 Å². The Morgan fingerprint density at radius 3 is 2.79 bits per heavy atom. The molecular formula is C26H24N6OS. The van der Waals surface area contributed by atoms with E-state index in [-0.39, 0.29) is 11.9 Å². The number of hydrogen-bond donors (Lipinski definition) is 3. The zero-order valence-corrected chi connectivity index (χ0v) is 20.0. The summed E-state index contributed by atoms with van der Waals surface area (Å²) < 4.78 is 1.04. The number of pyridine rings is 1. The van der Waals surface area contributed by atoms with Crippen LogP contribution in [0.3, 0.4) is 0 Å². The summed E-state index contributed by atoms with van der Waals surface area (Å²) in [6, 6.07) is 9.85. The Kier molecular flexibility index (Phi) is 5.31. The Hall–Kier alpha value is -3.80. The fourth-order valence-corrected chi connectivity index (χ4v) is 4.94. The largest absolute Gasteiger partial charge is 0.381 e. The van der Waals surface area contributed by atoms with Crippen LogP contribution >= 0.6 is 11.3 Å². The molecule has 0 fully saturated rings. The lowest BCUT2D eigenvalue weighted by atomic mass is 10.1. The highest BCUT2D eigenvalue weighted by Gasteiger charge is 2.24. The second kappa shape index (κ2) is 8.20. The van der Waals surface area contributed by atoms with Gasteiger partial charge in [0.05, 0.1) is 33.8 Å². The fraction of sp³-hybridized carbons (Fsp3) is 0.231. The van der Waals surface area contributed by atoms with E-state index in [0.29, 0.717) is 34.3 Å². The van der Waals surface area contributed by atoms with Gasteiger partial charge in [-0.3, -0.25) is 4.79 Å². The van der Waals surface area contributed by atoms with Crippen LogP contribution in [-0.2, 0) is 0 Å². The zero-order valence-electron chi connectivity index (χ0n) is 19.2. The summed E-state index contributed by atoms with van der Waals surface area (Å²) in [6.45, 7) is 10.1. The van der Waals surface area contributed by atoms with Gasteiger partial charge < -0.3 is 16.4 Å². The molecule has 4 heterocycles. The second-order valence-corrected chi connectivity index (χ2v) is 9.99. The number of anilines is 1. The van der Waals surface area contributed by atoms with Crippen LogP contribution in [0.1, 0.15) is 42.0 Å². The normalized spacial score (nSPS) is 15.6. The maximum Gasteiger partial charge on any atom is 0.263 e. The van der Waals surface area contributed by atoms with Gasteiger partial charge in [0, 0.05) is 28.1 Å². The molecule has 34 heavy (non-hydrogen) atoms. The molecule has 0 saturated carbocycles. The van der Waals surface area contributed by atoms with Crippen molar-refractivity contribution in [1.29, 1.82) is 0 Å². The molecule has 0 unspecified atom stereocenters. The average molecular weight is 469 g/mol. The summed E-state index contributed by atoms with van der Waals surface area (Å²) in [7, 11) is 0. The van der Waals surface area contributed by atoms with E-state index in [2.05, 4.69) is 39.0 Å². The van der Waals surface area contributed by atoms with E-state index in [1.54, 1.807) is 6.08 Å². The first-order valence-corrected chi connectivity index (χ1v) is 11.8. The summed E-state index contributed by atoms with van der Waals surface area (Å²) in [5.41, 5.74) is 9.05. The molecule has 4 N–H and O–H groups in total. The SMILES string of the molecule is C=Cc1cc(-c2ccc3c(ccc4sc5c(c43)NC[C@@H](C)NC5=O)n2)nc(C#CC(C)(C)N)n1. The summed E-state index contributed by atoms with van der Waals surface area (Å²) >= 11 is 1.49. The van der Waals surface area contributed by atoms with Crippen LogP contribution in [0.25, 0.3) is 38.5 Å². The molecule has 8 heteroatoms.